The van der Waals surface area contributed by atoms with Gasteiger partial charge in [0.2, 0.25) is 0 Å². The van der Waals surface area contributed by atoms with Gasteiger partial charge >= 0.3 is 5.51 Å². The number of anilines is 1. The molecule has 0 aliphatic rings. The first-order valence-electron chi connectivity index (χ1n) is 2.99. The first-order valence-corrected chi connectivity index (χ1v) is 3.44. The third kappa shape index (κ3) is 11.9. The number of rotatable bonds is 0. The lowest BCUT2D eigenvalue weighted by Crippen LogP contribution is -1.89. The number of benzene rings is 1. The van der Waals surface area contributed by atoms with Gasteiger partial charge in [0.1, 0.15) is 0 Å². The van der Waals surface area contributed by atoms with Gasteiger partial charge in [-0.1, -0.05) is 30.8 Å². The molecular formula is C7H8F3NS. The molecule has 1 aromatic carbocycles. The summed E-state index contributed by atoms with van der Waals surface area (Å²) in [7, 11) is 0. The monoisotopic (exact) mass is 195 g/mol. The number of alkyl halides is 3. The number of hydrogen-bond donors (Lipinski definition) is 2. The van der Waals surface area contributed by atoms with Gasteiger partial charge in [-0.15, -0.1) is 0 Å². The molecule has 0 saturated carbocycles. The van der Waals surface area contributed by atoms with Crippen LogP contribution in [-0.2, 0) is 0 Å². The van der Waals surface area contributed by atoms with Crippen molar-refractivity contribution in [3.63, 3.8) is 0 Å². The number of hydrogen-bond acceptors (Lipinski definition) is 2. The SMILES string of the molecule is FC(F)(F)S.Nc1ccccc1. The molecule has 0 amide bonds. The average Bonchev–Trinajstić information content (AvgIpc) is 1.85. The van der Waals surface area contributed by atoms with Crippen molar-refractivity contribution in [2.45, 2.75) is 5.51 Å². The van der Waals surface area contributed by atoms with Gasteiger partial charge in [-0.25, -0.2) is 0 Å². The minimum atomic E-state index is -4.31. The largest absolute Gasteiger partial charge is 0.438 e. The van der Waals surface area contributed by atoms with E-state index in [2.05, 4.69) is 12.6 Å². The Labute approximate surface area is 73.8 Å². The molecule has 1 rings (SSSR count). The van der Waals surface area contributed by atoms with E-state index in [0.29, 0.717) is 0 Å². The molecule has 1 aromatic rings. The zero-order valence-electron chi connectivity index (χ0n) is 6.05. The zero-order valence-corrected chi connectivity index (χ0v) is 6.94. The molecule has 0 aliphatic carbocycles. The molecule has 68 valence electrons. The summed E-state index contributed by atoms with van der Waals surface area (Å²) in [5, 5.41) is 0. The highest BCUT2D eigenvalue weighted by molar-refractivity contribution is 7.81. The predicted octanol–water partition coefficient (Wildman–Crippen LogP) is 2.70. The Morgan fingerprint density at radius 1 is 1.08 bits per heavy atom. The van der Waals surface area contributed by atoms with Crippen molar-refractivity contribution >= 4 is 18.3 Å². The topological polar surface area (TPSA) is 26.0 Å². The Balaban J connectivity index is 0.000000217. The summed E-state index contributed by atoms with van der Waals surface area (Å²) < 4.78 is 30.7. The summed E-state index contributed by atoms with van der Waals surface area (Å²) in [5.74, 6) is 0. The molecule has 5 heteroatoms. The van der Waals surface area contributed by atoms with Gasteiger partial charge in [-0.2, -0.15) is 13.2 Å². The van der Waals surface area contributed by atoms with Crippen molar-refractivity contribution in [2.75, 3.05) is 5.73 Å². The highest BCUT2D eigenvalue weighted by Gasteiger charge is 2.17. The fraction of sp³-hybridized carbons (Fsp3) is 0.143. The van der Waals surface area contributed by atoms with Crippen molar-refractivity contribution in [1.82, 2.24) is 0 Å². The van der Waals surface area contributed by atoms with Crippen LogP contribution in [0.15, 0.2) is 30.3 Å². The van der Waals surface area contributed by atoms with E-state index in [1.807, 2.05) is 30.3 Å². The minimum Gasteiger partial charge on any atom is -0.399 e. The summed E-state index contributed by atoms with van der Waals surface area (Å²) in [5.41, 5.74) is 1.87. The van der Waals surface area contributed by atoms with Gasteiger partial charge in [0.25, 0.3) is 0 Å². The molecule has 0 heterocycles. The van der Waals surface area contributed by atoms with Gasteiger partial charge in [-0.3, -0.25) is 0 Å². The molecule has 0 aliphatic heterocycles. The molecule has 0 unspecified atom stereocenters. The summed E-state index contributed by atoms with van der Waals surface area (Å²) in [6.45, 7) is 0. The van der Waals surface area contributed by atoms with Crippen LogP contribution in [-0.4, -0.2) is 5.51 Å². The lowest BCUT2D eigenvalue weighted by atomic mass is 10.3. The van der Waals surface area contributed by atoms with Gasteiger partial charge in [0, 0.05) is 5.69 Å². The van der Waals surface area contributed by atoms with E-state index in [9.17, 15) is 13.2 Å². The van der Waals surface area contributed by atoms with Gasteiger partial charge in [0.15, 0.2) is 0 Å². The van der Waals surface area contributed by atoms with E-state index < -0.39 is 5.51 Å². The van der Waals surface area contributed by atoms with Crippen LogP contribution in [0.2, 0.25) is 0 Å². The lowest BCUT2D eigenvalue weighted by Gasteiger charge is -1.87. The molecule has 2 N–H and O–H groups in total. The van der Waals surface area contributed by atoms with E-state index in [1.165, 1.54) is 0 Å². The summed E-state index contributed by atoms with van der Waals surface area (Å²) in [4.78, 5) is 0. The normalized spacial score (nSPS) is 10.0. The Bertz CT molecular complexity index is 204. The number of halogens is 3. The Morgan fingerprint density at radius 2 is 1.42 bits per heavy atom. The maximum absolute atomic E-state index is 10.2. The molecule has 0 saturated heterocycles. The molecule has 0 bridgehead atoms. The number of thiol groups is 1. The van der Waals surface area contributed by atoms with E-state index >= 15 is 0 Å². The average molecular weight is 195 g/mol. The maximum Gasteiger partial charge on any atom is 0.438 e. The van der Waals surface area contributed by atoms with Crippen LogP contribution < -0.4 is 5.73 Å². The van der Waals surface area contributed by atoms with Crippen LogP contribution in [0.25, 0.3) is 0 Å². The maximum atomic E-state index is 10.2. The van der Waals surface area contributed by atoms with E-state index in [1.54, 1.807) is 0 Å². The van der Waals surface area contributed by atoms with Gasteiger partial charge < -0.3 is 5.73 Å². The van der Waals surface area contributed by atoms with Crippen molar-refractivity contribution in [1.29, 1.82) is 0 Å². The molecule has 0 spiro atoms. The first-order chi connectivity index (χ1) is 5.39. The standard InChI is InChI=1S/C6H7N.CHF3S/c7-6-4-2-1-3-5-6;2-1(3,4)5/h1-5H,7H2;5H. The summed E-state index contributed by atoms with van der Waals surface area (Å²) in [6.07, 6.45) is 0. The van der Waals surface area contributed by atoms with Crippen LogP contribution in [0.5, 0.6) is 0 Å². The molecule has 0 atom stereocenters. The number of para-hydroxylation sites is 1. The van der Waals surface area contributed by atoms with Crippen LogP contribution in [0, 0.1) is 0 Å². The Kier molecular flexibility index (Phi) is 4.58. The van der Waals surface area contributed by atoms with E-state index in [-0.39, 0.29) is 0 Å². The minimum absolute atomic E-state index is 0.822. The third-order valence-corrected chi connectivity index (χ3v) is 0.800. The van der Waals surface area contributed by atoms with Gasteiger partial charge in [-0.05, 0) is 12.1 Å². The van der Waals surface area contributed by atoms with Gasteiger partial charge in [0.05, 0.1) is 0 Å². The Hall–Kier alpha value is -0.840. The van der Waals surface area contributed by atoms with E-state index in [0.717, 1.165) is 5.69 Å². The molecule has 0 aromatic heterocycles. The number of nitrogens with two attached hydrogens (primary N) is 1. The van der Waals surface area contributed by atoms with Crippen LogP contribution in [0.1, 0.15) is 0 Å². The second-order valence-corrected chi connectivity index (χ2v) is 2.39. The smallest absolute Gasteiger partial charge is 0.399 e. The summed E-state index contributed by atoms with van der Waals surface area (Å²) in [6, 6.07) is 9.49. The third-order valence-electron chi connectivity index (χ3n) is 0.800. The van der Waals surface area contributed by atoms with Crippen LogP contribution in [0.4, 0.5) is 18.9 Å². The molecular weight excluding hydrogens is 187 g/mol. The van der Waals surface area contributed by atoms with Crippen LogP contribution >= 0.6 is 12.6 Å². The highest BCUT2D eigenvalue weighted by Crippen LogP contribution is 2.17. The summed E-state index contributed by atoms with van der Waals surface area (Å²) >= 11 is 2.12. The molecule has 1 nitrogen and oxygen atoms in total. The highest BCUT2D eigenvalue weighted by atomic mass is 32.1. The predicted molar refractivity (Wildman–Crippen MR) is 45.9 cm³/mol. The lowest BCUT2D eigenvalue weighted by molar-refractivity contribution is -0.0303. The van der Waals surface area contributed by atoms with Crippen LogP contribution in [0.3, 0.4) is 0 Å². The second-order valence-electron chi connectivity index (χ2n) is 1.88. The molecule has 12 heavy (non-hydrogen) atoms. The van der Waals surface area contributed by atoms with Crippen molar-refractivity contribution in [2.24, 2.45) is 0 Å². The number of nitrogen functional groups attached to an aromatic ring is 1. The second kappa shape index (κ2) is 4.92. The first kappa shape index (κ1) is 11.2. The van der Waals surface area contributed by atoms with Crippen molar-refractivity contribution < 1.29 is 13.2 Å². The zero-order chi connectivity index (χ0) is 9.61. The Morgan fingerprint density at radius 3 is 1.58 bits per heavy atom. The molecule has 0 fully saturated rings. The van der Waals surface area contributed by atoms with Crippen molar-refractivity contribution in [3.8, 4) is 0 Å². The fourth-order valence-electron chi connectivity index (χ4n) is 0.453. The molecule has 0 radical (unpaired) electrons. The van der Waals surface area contributed by atoms with E-state index in [4.69, 9.17) is 5.73 Å². The van der Waals surface area contributed by atoms with Crippen molar-refractivity contribution in [3.05, 3.63) is 30.3 Å². The quantitative estimate of drug-likeness (QED) is 0.483. The fourth-order valence-corrected chi connectivity index (χ4v) is 0.453.